The quantitative estimate of drug-likeness (QED) is 0.845. The number of amides is 2. The maximum absolute atomic E-state index is 12.0. The fourth-order valence-corrected chi connectivity index (χ4v) is 2.32. The molecule has 0 saturated heterocycles. The Bertz CT molecular complexity index is 662. The largest absolute Gasteiger partial charge is 0.380 e. The van der Waals surface area contributed by atoms with Crippen LogP contribution in [0.2, 0.25) is 10.0 Å². The predicted octanol–water partition coefficient (Wildman–Crippen LogP) is 4.46. The molecule has 0 radical (unpaired) electrons. The fraction of sp³-hybridized carbons (Fsp3) is 0.188. The van der Waals surface area contributed by atoms with E-state index in [0.29, 0.717) is 28.9 Å². The van der Waals surface area contributed by atoms with Gasteiger partial charge in [-0.3, -0.25) is 0 Å². The van der Waals surface area contributed by atoms with Crippen molar-refractivity contribution in [3.63, 3.8) is 0 Å². The lowest BCUT2D eigenvalue weighted by Gasteiger charge is -2.12. The van der Waals surface area contributed by atoms with Crippen molar-refractivity contribution in [2.75, 3.05) is 12.4 Å². The minimum atomic E-state index is -0.351. The van der Waals surface area contributed by atoms with Gasteiger partial charge in [-0.05, 0) is 23.3 Å². The van der Waals surface area contributed by atoms with Gasteiger partial charge in [0.15, 0.2) is 0 Å². The second-order valence-electron chi connectivity index (χ2n) is 4.61. The van der Waals surface area contributed by atoms with Crippen molar-refractivity contribution >= 4 is 34.9 Å². The summed E-state index contributed by atoms with van der Waals surface area (Å²) in [4.78, 5) is 12.0. The van der Waals surface area contributed by atoms with Crippen LogP contribution in [0, 0.1) is 0 Å². The van der Waals surface area contributed by atoms with Crippen LogP contribution >= 0.6 is 23.2 Å². The van der Waals surface area contributed by atoms with Crippen LogP contribution in [0.15, 0.2) is 42.5 Å². The number of hydrogen-bond acceptors (Lipinski definition) is 2. The van der Waals surface area contributed by atoms with Gasteiger partial charge in [-0.2, -0.15) is 0 Å². The van der Waals surface area contributed by atoms with Gasteiger partial charge in [0.05, 0.1) is 22.3 Å². The Morgan fingerprint density at radius 1 is 1.09 bits per heavy atom. The zero-order chi connectivity index (χ0) is 15.9. The SMILES string of the molecule is COCc1ccccc1CNC(=O)Nc1cccc(Cl)c1Cl. The van der Waals surface area contributed by atoms with Crippen LogP contribution in [0.5, 0.6) is 0 Å². The van der Waals surface area contributed by atoms with Gasteiger partial charge in [0, 0.05) is 13.7 Å². The summed E-state index contributed by atoms with van der Waals surface area (Å²) in [6, 6.07) is 12.5. The molecule has 2 rings (SSSR count). The topological polar surface area (TPSA) is 50.4 Å². The van der Waals surface area contributed by atoms with Gasteiger partial charge in [0.2, 0.25) is 0 Å². The summed E-state index contributed by atoms with van der Waals surface area (Å²) in [5, 5.41) is 6.17. The van der Waals surface area contributed by atoms with E-state index in [1.165, 1.54) is 0 Å². The Balaban J connectivity index is 1.97. The van der Waals surface area contributed by atoms with Crippen LogP contribution in [0.3, 0.4) is 0 Å². The van der Waals surface area contributed by atoms with Crippen molar-refractivity contribution in [2.45, 2.75) is 13.2 Å². The molecule has 0 fully saturated rings. The van der Waals surface area contributed by atoms with Gasteiger partial charge in [-0.1, -0.05) is 53.5 Å². The van der Waals surface area contributed by atoms with Gasteiger partial charge in [0.1, 0.15) is 0 Å². The van der Waals surface area contributed by atoms with E-state index in [9.17, 15) is 4.79 Å². The lowest BCUT2D eigenvalue weighted by Crippen LogP contribution is -2.28. The van der Waals surface area contributed by atoms with Crippen LogP contribution < -0.4 is 10.6 Å². The Hall–Kier alpha value is -1.75. The molecule has 6 heteroatoms. The number of anilines is 1. The third-order valence-electron chi connectivity index (χ3n) is 3.06. The second kappa shape index (κ2) is 8.03. The van der Waals surface area contributed by atoms with Crippen LogP contribution in [-0.2, 0) is 17.9 Å². The lowest BCUT2D eigenvalue weighted by atomic mass is 10.1. The van der Waals surface area contributed by atoms with Gasteiger partial charge in [-0.25, -0.2) is 4.79 Å². The van der Waals surface area contributed by atoms with E-state index in [4.69, 9.17) is 27.9 Å². The summed E-state index contributed by atoms with van der Waals surface area (Å²) in [6.45, 7) is 0.892. The Morgan fingerprint density at radius 3 is 2.55 bits per heavy atom. The van der Waals surface area contributed by atoms with Crippen LogP contribution in [0.1, 0.15) is 11.1 Å². The molecule has 0 atom stereocenters. The molecule has 0 aliphatic heterocycles. The van der Waals surface area contributed by atoms with Crippen molar-refractivity contribution in [2.24, 2.45) is 0 Å². The minimum Gasteiger partial charge on any atom is -0.380 e. The molecule has 2 aromatic carbocycles. The standard InChI is InChI=1S/C16H16Cl2N2O2/c1-22-10-12-6-3-2-5-11(12)9-19-16(21)20-14-8-4-7-13(17)15(14)18/h2-8H,9-10H2,1H3,(H2,19,20,21). The Kier molecular flexibility index (Phi) is 6.07. The third kappa shape index (κ3) is 4.37. The molecular weight excluding hydrogens is 323 g/mol. The van der Waals surface area contributed by atoms with E-state index >= 15 is 0 Å². The molecule has 0 spiro atoms. The van der Waals surface area contributed by atoms with Crippen molar-refractivity contribution in [1.29, 1.82) is 0 Å². The van der Waals surface area contributed by atoms with E-state index in [-0.39, 0.29) is 6.03 Å². The molecule has 2 amide bonds. The monoisotopic (exact) mass is 338 g/mol. The zero-order valence-electron chi connectivity index (χ0n) is 12.0. The molecular formula is C16H16Cl2N2O2. The number of halogens is 2. The molecule has 0 unspecified atom stereocenters. The van der Waals surface area contributed by atoms with Crippen molar-refractivity contribution in [3.8, 4) is 0 Å². The molecule has 0 aliphatic rings. The predicted molar refractivity (Wildman–Crippen MR) is 89.5 cm³/mol. The highest BCUT2D eigenvalue weighted by Crippen LogP contribution is 2.29. The molecule has 22 heavy (non-hydrogen) atoms. The normalized spacial score (nSPS) is 10.3. The number of carbonyl (C=O) groups is 1. The molecule has 0 aliphatic carbocycles. The smallest absolute Gasteiger partial charge is 0.319 e. The highest BCUT2D eigenvalue weighted by atomic mass is 35.5. The zero-order valence-corrected chi connectivity index (χ0v) is 13.5. The van der Waals surface area contributed by atoms with Crippen molar-refractivity contribution < 1.29 is 9.53 Å². The first-order chi connectivity index (χ1) is 10.6. The number of hydrogen-bond donors (Lipinski definition) is 2. The number of rotatable bonds is 5. The van der Waals surface area contributed by atoms with Gasteiger partial charge >= 0.3 is 6.03 Å². The maximum Gasteiger partial charge on any atom is 0.319 e. The van der Waals surface area contributed by atoms with Crippen LogP contribution in [-0.4, -0.2) is 13.1 Å². The summed E-state index contributed by atoms with van der Waals surface area (Å²) < 4.78 is 5.14. The average Bonchev–Trinajstić information content (AvgIpc) is 2.51. The molecule has 0 bridgehead atoms. The number of urea groups is 1. The number of ether oxygens (including phenoxy) is 1. The van der Waals surface area contributed by atoms with E-state index in [1.807, 2.05) is 24.3 Å². The minimum absolute atomic E-state index is 0.319. The summed E-state index contributed by atoms with van der Waals surface area (Å²) in [5.41, 5.74) is 2.50. The Morgan fingerprint density at radius 2 is 1.82 bits per heavy atom. The molecule has 116 valence electrons. The van der Waals surface area contributed by atoms with Gasteiger partial charge < -0.3 is 15.4 Å². The first-order valence-corrected chi connectivity index (χ1v) is 7.42. The summed E-state index contributed by atoms with van der Waals surface area (Å²) in [5.74, 6) is 0. The van der Waals surface area contributed by atoms with Crippen LogP contribution in [0.25, 0.3) is 0 Å². The molecule has 2 aromatic rings. The summed E-state index contributed by atoms with van der Waals surface area (Å²) in [6.07, 6.45) is 0. The number of nitrogens with one attached hydrogen (secondary N) is 2. The molecule has 2 N–H and O–H groups in total. The number of carbonyl (C=O) groups excluding carboxylic acids is 1. The van der Waals surface area contributed by atoms with Crippen molar-refractivity contribution in [1.82, 2.24) is 5.32 Å². The highest BCUT2D eigenvalue weighted by molar-refractivity contribution is 6.43. The van der Waals surface area contributed by atoms with Gasteiger partial charge in [0.25, 0.3) is 0 Å². The van der Waals surface area contributed by atoms with E-state index in [0.717, 1.165) is 11.1 Å². The first kappa shape index (κ1) is 16.6. The third-order valence-corrected chi connectivity index (χ3v) is 3.88. The fourth-order valence-electron chi connectivity index (χ4n) is 1.97. The first-order valence-electron chi connectivity index (χ1n) is 6.66. The molecule has 0 heterocycles. The molecule has 0 saturated carbocycles. The molecule has 4 nitrogen and oxygen atoms in total. The van der Waals surface area contributed by atoms with Crippen molar-refractivity contribution in [3.05, 3.63) is 63.6 Å². The van der Waals surface area contributed by atoms with Gasteiger partial charge in [-0.15, -0.1) is 0 Å². The number of methoxy groups -OCH3 is 1. The number of benzene rings is 2. The summed E-state index contributed by atoms with van der Waals surface area (Å²) >= 11 is 11.9. The van der Waals surface area contributed by atoms with E-state index in [1.54, 1.807) is 25.3 Å². The maximum atomic E-state index is 12.0. The summed E-state index contributed by atoms with van der Waals surface area (Å²) in [7, 11) is 1.64. The van der Waals surface area contributed by atoms with E-state index in [2.05, 4.69) is 10.6 Å². The molecule has 0 aromatic heterocycles. The highest BCUT2D eigenvalue weighted by Gasteiger charge is 2.08. The Labute approximate surface area is 139 Å². The lowest BCUT2D eigenvalue weighted by molar-refractivity contribution is 0.184. The average molecular weight is 339 g/mol. The second-order valence-corrected chi connectivity index (χ2v) is 5.40. The van der Waals surface area contributed by atoms with Crippen LogP contribution in [0.4, 0.5) is 10.5 Å². The van der Waals surface area contributed by atoms with E-state index < -0.39 is 0 Å².